The van der Waals surface area contributed by atoms with E-state index in [4.69, 9.17) is 5.11 Å². The summed E-state index contributed by atoms with van der Waals surface area (Å²) in [6.07, 6.45) is 3.59. The summed E-state index contributed by atoms with van der Waals surface area (Å²) in [5.41, 5.74) is 0.630. The number of hydrogen-bond acceptors (Lipinski definition) is 2. The van der Waals surface area contributed by atoms with E-state index in [1.54, 1.807) is 6.07 Å². The highest BCUT2D eigenvalue weighted by atomic mass is 79.9. The molecule has 96 valence electrons. The Morgan fingerprint density at radius 1 is 1.59 bits per heavy atom. The van der Waals surface area contributed by atoms with Crippen molar-refractivity contribution in [3.05, 3.63) is 22.4 Å². The molecule has 1 rings (SSSR count). The lowest BCUT2D eigenvalue weighted by Crippen LogP contribution is -2.37. The van der Waals surface area contributed by atoms with Gasteiger partial charge in [0.05, 0.1) is 12.6 Å². The second-order valence-electron chi connectivity index (χ2n) is 4.00. The third-order valence-electron chi connectivity index (χ3n) is 2.61. The number of halogens is 1. The quantitative estimate of drug-likeness (QED) is 0.846. The van der Waals surface area contributed by atoms with Gasteiger partial charge in [-0.1, -0.05) is 13.8 Å². The third-order valence-corrected chi connectivity index (χ3v) is 3.04. The van der Waals surface area contributed by atoms with Crippen LogP contribution in [0.4, 0.5) is 0 Å². The Kier molecular flexibility index (Phi) is 5.71. The molecule has 5 heteroatoms. The SMILES string of the molecule is CCCn1cc(Br)cc1C(=O)N[C@@H](CC)CO. The average Bonchev–Trinajstić information content (AvgIpc) is 2.67. The molecule has 0 saturated heterocycles. The summed E-state index contributed by atoms with van der Waals surface area (Å²) < 4.78 is 2.82. The Labute approximate surface area is 110 Å². The zero-order valence-electron chi connectivity index (χ0n) is 10.2. The van der Waals surface area contributed by atoms with Gasteiger partial charge in [0.15, 0.2) is 0 Å². The van der Waals surface area contributed by atoms with Gasteiger partial charge in [0.1, 0.15) is 5.69 Å². The Balaban J connectivity index is 2.80. The largest absolute Gasteiger partial charge is 0.394 e. The van der Waals surface area contributed by atoms with Crippen LogP contribution < -0.4 is 5.32 Å². The van der Waals surface area contributed by atoms with Gasteiger partial charge in [0, 0.05) is 17.2 Å². The molecule has 1 amide bonds. The zero-order chi connectivity index (χ0) is 12.8. The fraction of sp³-hybridized carbons (Fsp3) is 0.583. The summed E-state index contributed by atoms with van der Waals surface area (Å²) in [6, 6.07) is 1.63. The number of nitrogens with zero attached hydrogens (tertiary/aromatic N) is 1. The van der Waals surface area contributed by atoms with Crippen LogP contribution in [0.5, 0.6) is 0 Å². The van der Waals surface area contributed by atoms with Gasteiger partial charge in [-0.25, -0.2) is 0 Å². The van der Waals surface area contributed by atoms with E-state index in [-0.39, 0.29) is 18.6 Å². The predicted molar refractivity (Wildman–Crippen MR) is 71.1 cm³/mol. The Morgan fingerprint density at radius 2 is 2.29 bits per heavy atom. The van der Waals surface area contributed by atoms with E-state index in [2.05, 4.69) is 28.2 Å². The number of amides is 1. The standard InChI is InChI=1S/C12H19BrN2O2/c1-3-5-15-7-9(13)6-11(15)12(17)14-10(4-2)8-16/h6-7,10,16H,3-5,8H2,1-2H3,(H,14,17)/t10-/m0/s1. The van der Waals surface area contributed by atoms with Crippen molar-refractivity contribution in [2.24, 2.45) is 0 Å². The minimum Gasteiger partial charge on any atom is -0.394 e. The molecule has 17 heavy (non-hydrogen) atoms. The number of carbonyl (C=O) groups excluding carboxylic acids is 1. The summed E-state index contributed by atoms with van der Waals surface area (Å²) >= 11 is 3.37. The highest BCUT2D eigenvalue weighted by Crippen LogP contribution is 2.15. The summed E-state index contributed by atoms with van der Waals surface area (Å²) in [5, 5.41) is 11.9. The van der Waals surface area contributed by atoms with Crippen LogP contribution in [0.25, 0.3) is 0 Å². The Bertz CT molecular complexity index is 373. The number of aryl methyl sites for hydroxylation is 1. The van der Waals surface area contributed by atoms with Gasteiger partial charge in [0.2, 0.25) is 0 Å². The zero-order valence-corrected chi connectivity index (χ0v) is 11.8. The lowest BCUT2D eigenvalue weighted by atomic mass is 10.2. The first-order valence-electron chi connectivity index (χ1n) is 5.89. The first-order valence-corrected chi connectivity index (χ1v) is 6.69. The molecule has 0 aromatic carbocycles. The molecule has 1 heterocycles. The van der Waals surface area contributed by atoms with Crippen LogP contribution in [-0.2, 0) is 6.54 Å². The minimum atomic E-state index is -0.175. The van der Waals surface area contributed by atoms with E-state index in [1.165, 1.54) is 0 Å². The van der Waals surface area contributed by atoms with Gasteiger partial charge >= 0.3 is 0 Å². The summed E-state index contributed by atoms with van der Waals surface area (Å²) in [5.74, 6) is -0.134. The van der Waals surface area contributed by atoms with Crippen LogP contribution >= 0.6 is 15.9 Å². The molecule has 4 nitrogen and oxygen atoms in total. The first-order chi connectivity index (χ1) is 8.12. The van der Waals surface area contributed by atoms with Crippen molar-refractivity contribution >= 4 is 21.8 Å². The molecule has 0 spiro atoms. The lowest BCUT2D eigenvalue weighted by Gasteiger charge is -2.15. The molecule has 1 atom stereocenters. The van der Waals surface area contributed by atoms with Gasteiger partial charge in [0.25, 0.3) is 5.91 Å². The van der Waals surface area contributed by atoms with Crippen LogP contribution in [0.2, 0.25) is 0 Å². The molecule has 1 aromatic rings. The fourth-order valence-corrected chi connectivity index (χ4v) is 2.09. The molecule has 1 aromatic heterocycles. The van der Waals surface area contributed by atoms with E-state index >= 15 is 0 Å². The third kappa shape index (κ3) is 3.85. The minimum absolute atomic E-state index is 0.0299. The number of aliphatic hydroxyl groups is 1. The maximum Gasteiger partial charge on any atom is 0.268 e. The van der Waals surface area contributed by atoms with Crippen molar-refractivity contribution in [2.75, 3.05) is 6.61 Å². The van der Waals surface area contributed by atoms with Crippen molar-refractivity contribution in [3.63, 3.8) is 0 Å². The Morgan fingerprint density at radius 3 is 2.82 bits per heavy atom. The van der Waals surface area contributed by atoms with E-state index in [1.807, 2.05) is 17.7 Å². The smallest absolute Gasteiger partial charge is 0.268 e. The van der Waals surface area contributed by atoms with Crippen LogP contribution in [0.3, 0.4) is 0 Å². The molecule has 0 fully saturated rings. The molecule has 0 unspecified atom stereocenters. The maximum absolute atomic E-state index is 12.0. The Hall–Kier alpha value is -0.810. The van der Waals surface area contributed by atoms with Gasteiger partial charge in [-0.05, 0) is 34.8 Å². The van der Waals surface area contributed by atoms with Crippen molar-refractivity contribution in [2.45, 2.75) is 39.3 Å². The van der Waals surface area contributed by atoms with Crippen LogP contribution in [0, 0.1) is 0 Å². The van der Waals surface area contributed by atoms with Crippen molar-refractivity contribution in [1.29, 1.82) is 0 Å². The van der Waals surface area contributed by atoms with Crippen LogP contribution in [0.15, 0.2) is 16.7 Å². The van der Waals surface area contributed by atoms with Gasteiger partial charge < -0.3 is 15.0 Å². The second kappa shape index (κ2) is 6.81. The van der Waals surface area contributed by atoms with Crippen molar-refractivity contribution in [1.82, 2.24) is 9.88 Å². The van der Waals surface area contributed by atoms with Crippen molar-refractivity contribution in [3.8, 4) is 0 Å². The monoisotopic (exact) mass is 302 g/mol. The number of nitrogens with one attached hydrogen (secondary N) is 1. The van der Waals surface area contributed by atoms with Gasteiger partial charge in [-0.2, -0.15) is 0 Å². The summed E-state index contributed by atoms with van der Waals surface area (Å²) in [6.45, 7) is 4.78. The fourth-order valence-electron chi connectivity index (χ4n) is 1.63. The van der Waals surface area contributed by atoms with Gasteiger partial charge in [-0.15, -0.1) is 0 Å². The number of rotatable bonds is 6. The molecule has 0 aliphatic rings. The molecule has 0 saturated carbocycles. The van der Waals surface area contributed by atoms with E-state index in [0.717, 1.165) is 23.9 Å². The van der Waals surface area contributed by atoms with E-state index in [9.17, 15) is 4.79 Å². The molecule has 2 N–H and O–H groups in total. The summed E-state index contributed by atoms with van der Waals surface area (Å²) in [4.78, 5) is 12.0. The predicted octanol–water partition coefficient (Wildman–Crippen LogP) is 2.16. The van der Waals surface area contributed by atoms with E-state index in [0.29, 0.717) is 5.69 Å². The number of hydrogen-bond donors (Lipinski definition) is 2. The molecule has 0 bridgehead atoms. The molecule has 0 aliphatic heterocycles. The number of aromatic nitrogens is 1. The topological polar surface area (TPSA) is 54.3 Å². The molecule has 0 radical (unpaired) electrons. The molecule has 0 aliphatic carbocycles. The maximum atomic E-state index is 12.0. The van der Waals surface area contributed by atoms with Crippen LogP contribution in [-0.4, -0.2) is 28.2 Å². The van der Waals surface area contributed by atoms with Crippen LogP contribution in [0.1, 0.15) is 37.2 Å². The van der Waals surface area contributed by atoms with Gasteiger partial charge in [-0.3, -0.25) is 4.79 Å². The lowest BCUT2D eigenvalue weighted by molar-refractivity contribution is 0.0905. The molecular weight excluding hydrogens is 284 g/mol. The highest BCUT2D eigenvalue weighted by molar-refractivity contribution is 9.10. The van der Waals surface area contributed by atoms with E-state index < -0.39 is 0 Å². The summed E-state index contributed by atoms with van der Waals surface area (Å²) in [7, 11) is 0. The number of aliphatic hydroxyl groups excluding tert-OH is 1. The highest BCUT2D eigenvalue weighted by Gasteiger charge is 2.15. The number of carbonyl (C=O) groups is 1. The average molecular weight is 303 g/mol. The normalized spacial score (nSPS) is 12.5. The first kappa shape index (κ1) is 14.3. The van der Waals surface area contributed by atoms with Crippen molar-refractivity contribution < 1.29 is 9.90 Å². The molecular formula is C12H19BrN2O2. The second-order valence-corrected chi connectivity index (χ2v) is 4.91.